The summed E-state index contributed by atoms with van der Waals surface area (Å²) < 4.78 is 27.0. The highest BCUT2D eigenvalue weighted by Crippen LogP contribution is 2.39. The molecule has 8 heteroatoms. The molecule has 4 rings (SSSR count). The van der Waals surface area contributed by atoms with Gasteiger partial charge >= 0.3 is 7.12 Å². The van der Waals surface area contributed by atoms with E-state index in [2.05, 4.69) is 79.8 Å². The Labute approximate surface area is 206 Å². The van der Waals surface area contributed by atoms with Crippen LogP contribution in [0.3, 0.4) is 0 Å². The summed E-state index contributed by atoms with van der Waals surface area (Å²) in [6.07, 6.45) is 5.20. The zero-order chi connectivity index (χ0) is 24.9. The van der Waals surface area contributed by atoms with Crippen molar-refractivity contribution in [1.29, 1.82) is 0 Å². The summed E-state index contributed by atoms with van der Waals surface area (Å²) in [6.45, 7) is 20.4. The quantitative estimate of drug-likeness (QED) is 0.439. The summed E-state index contributed by atoms with van der Waals surface area (Å²) in [4.78, 5) is 0. The SMILES string of the molecule is CC1(C)OB(/C=C/c2nn(C3CCCCO3)c3ccc(O[Si](C)(C)C(C)(C)C)cc23)OC1(C)C. The fourth-order valence-electron chi connectivity index (χ4n) is 4.05. The summed E-state index contributed by atoms with van der Waals surface area (Å²) in [7, 11) is -2.37. The molecule has 2 aliphatic rings. The van der Waals surface area contributed by atoms with Crippen LogP contribution in [0.4, 0.5) is 0 Å². The highest BCUT2D eigenvalue weighted by Gasteiger charge is 2.50. The Morgan fingerprint density at radius 1 is 1.12 bits per heavy atom. The van der Waals surface area contributed by atoms with Gasteiger partial charge in [0.25, 0.3) is 0 Å². The van der Waals surface area contributed by atoms with Gasteiger partial charge in [-0.3, -0.25) is 0 Å². The number of benzene rings is 1. The molecule has 0 radical (unpaired) electrons. The van der Waals surface area contributed by atoms with Gasteiger partial charge < -0.3 is 18.5 Å². The smallest absolute Gasteiger partial charge is 0.487 e. The molecule has 0 amide bonds. The highest BCUT2D eigenvalue weighted by atomic mass is 28.4. The van der Waals surface area contributed by atoms with E-state index in [1.165, 1.54) is 0 Å². The van der Waals surface area contributed by atoms with Crippen LogP contribution in [0.1, 0.15) is 79.7 Å². The monoisotopic (exact) mass is 484 g/mol. The fraction of sp³-hybridized carbons (Fsp3) is 0.654. The molecule has 1 aromatic heterocycles. The Bertz CT molecular complexity index is 1050. The van der Waals surface area contributed by atoms with E-state index in [0.29, 0.717) is 0 Å². The molecule has 1 atom stereocenters. The Kier molecular flexibility index (Phi) is 6.60. The molecule has 3 heterocycles. The summed E-state index contributed by atoms with van der Waals surface area (Å²) >= 11 is 0. The number of nitrogens with zero attached hydrogens (tertiary/aromatic N) is 2. The van der Waals surface area contributed by atoms with Crippen molar-refractivity contribution < 1.29 is 18.5 Å². The third-order valence-corrected chi connectivity index (χ3v) is 12.4. The first-order valence-corrected chi connectivity index (χ1v) is 15.5. The maximum absolute atomic E-state index is 6.61. The predicted octanol–water partition coefficient (Wildman–Crippen LogP) is 6.76. The van der Waals surface area contributed by atoms with Crippen LogP contribution >= 0.6 is 0 Å². The molecule has 2 fully saturated rings. The van der Waals surface area contributed by atoms with Crippen molar-refractivity contribution in [1.82, 2.24) is 9.78 Å². The van der Waals surface area contributed by atoms with Gasteiger partial charge in [-0.05, 0) is 89.4 Å². The van der Waals surface area contributed by atoms with Crippen LogP contribution in [0, 0.1) is 0 Å². The summed E-state index contributed by atoms with van der Waals surface area (Å²) in [6, 6.07) is 6.33. The summed E-state index contributed by atoms with van der Waals surface area (Å²) in [5, 5.41) is 6.16. The maximum atomic E-state index is 6.61. The first kappa shape index (κ1) is 25.5. The van der Waals surface area contributed by atoms with E-state index in [1.54, 1.807) is 0 Å². The first-order chi connectivity index (χ1) is 15.7. The van der Waals surface area contributed by atoms with Crippen molar-refractivity contribution in [3.8, 4) is 5.75 Å². The number of fused-ring (bicyclic) bond motifs is 1. The van der Waals surface area contributed by atoms with Crippen molar-refractivity contribution in [3.05, 3.63) is 29.9 Å². The lowest BCUT2D eigenvalue weighted by atomic mass is 9.89. The Morgan fingerprint density at radius 3 is 2.38 bits per heavy atom. The average Bonchev–Trinajstić information content (AvgIpc) is 3.18. The maximum Gasteiger partial charge on any atom is 0.487 e. The second-order valence-electron chi connectivity index (χ2n) is 12.2. The zero-order valence-electron chi connectivity index (χ0n) is 22.4. The number of rotatable bonds is 5. The van der Waals surface area contributed by atoms with Gasteiger partial charge in [0.15, 0.2) is 6.23 Å². The standard InChI is InChI=1S/C26H41BN2O4Si/c1-24(2,3)34(8,9)31-19-13-14-22-20(18-19)21(28-29(22)23-12-10-11-17-30-23)15-16-27-32-25(4,5)26(6,7)33-27/h13-16,18,23H,10-12,17H2,1-9H3/b16-15+. The van der Waals surface area contributed by atoms with Crippen molar-refractivity contribution in [2.24, 2.45) is 0 Å². The first-order valence-electron chi connectivity index (χ1n) is 12.6. The van der Waals surface area contributed by atoms with E-state index in [4.69, 9.17) is 23.6 Å². The number of hydrogen-bond donors (Lipinski definition) is 0. The van der Waals surface area contributed by atoms with E-state index in [-0.39, 0.29) is 22.5 Å². The molecular formula is C26H41BN2O4Si. The van der Waals surface area contributed by atoms with Crippen LogP contribution in [0.15, 0.2) is 24.2 Å². The molecule has 2 saturated heterocycles. The molecule has 186 valence electrons. The van der Waals surface area contributed by atoms with E-state index in [0.717, 1.165) is 48.2 Å². The van der Waals surface area contributed by atoms with E-state index in [1.807, 2.05) is 16.7 Å². The minimum atomic E-state index is -1.96. The van der Waals surface area contributed by atoms with Gasteiger partial charge in [-0.15, -0.1) is 0 Å². The highest BCUT2D eigenvalue weighted by molar-refractivity contribution is 6.74. The molecule has 2 aromatic rings. The third-order valence-electron chi connectivity index (χ3n) is 8.00. The van der Waals surface area contributed by atoms with Gasteiger partial charge in [0.1, 0.15) is 5.75 Å². The Balaban J connectivity index is 1.70. The van der Waals surface area contributed by atoms with Gasteiger partial charge in [0.2, 0.25) is 8.32 Å². The molecule has 0 saturated carbocycles. The largest absolute Gasteiger partial charge is 0.543 e. The van der Waals surface area contributed by atoms with Gasteiger partial charge in [-0.2, -0.15) is 5.10 Å². The minimum absolute atomic E-state index is 0.0394. The Morgan fingerprint density at radius 2 is 1.79 bits per heavy atom. The topological polar surface area (TPSA) is 54.7 Å². The van der Waals surface area contributed by atoms with Gasteiger partial charge in [0, 0.05) is 12.0 Å². The summed E-state index contributed by atoms with van der Waals surface area (Å²) in [5.74, 6) is 2.86. The predicted molar refractivity (Wildman–Crippen MR) is 142 cm³/mol. The van der Waals surface area contributed by atoms with Crippen molar-refractivity contribution in [2.45, 2.75) is 103 Å². The van der Waals surface area contributed by atoms with Crippen LogP contribution in [-0.4, -0.2) is 43.0 Å². The lowest BCUT2D eigenvalue weighted by Gasteiger charge is -2.36. The number of hydrogen-bond acceptors (Lipinski definition) is 5. The van der Waals surface area contributed by atoms with Crippen LogP contribution < -0.4 is 4.43 Å². The third kappa shape index (κ3) is 4.87. The summed E-state index contributed by atoms with van der Waals surface area (Å²) in [5.41, 5.74) is 1.19. The van der Waals surface area contributed by atoms with Crippen molar-refractivity contribution in [2.75, 3.05) is 6.61 Å². The minimum Gasteiger partial charge on any atom is -0.543 e. The molecule has 0 spiro atoms. The zero-order valence-corrected chi connectivity index (χ0v) is 23.4. The molecule has 34 heavy (non-hydrogen) atoms. The molecule has 1 aromatic carbocycles. The van der Waals surface area contributed by atoms with Crippen molar-refractivity contribution >= 4 is 32.4 Å². The molecular weight excluding hydrogens is 443 g/mol. The second-order valence-corrected chi connectivity index (χ2v) is 16.9. The van der Waals surface area contributed by atoms with E-state index < -0.39 is 15.4 Å². The average molecular weight is 485 g/mol. The molecule has 1 unspecified atom stereocenters. The van der Waals surface area contributed by atoms with E-state index in [9.17, 15) is 0 Å². The molecule has 0 N–H and O–H groups in total. The lowest BCUT2D eigenvalue weighted by molar-refractivity contribution is -0.0367. The van der Waals surface area contributed by atoms with Crippen molar-refractivity contribution in [3.63, 3.8) is 0 Å². The second kappa shape index (κ2) is 8.80. The van der Waals surface area contributed by atoms with Gasteiger partial charge in [-0.25, -0.2) is 4.68 Å². The van der Waals surface area contributed by atoms with Gasteiger partial charge in [0.05, 0.1) is 22.4 Å². The van der Waals surface area contributed by atoms with E-state index >= 15 is 0 Å². The number of aromatic nitrogens is 2. The molecule has 2 aliphatic heterocycles. The molecule has 6 nitrogen and oxygen atoms in total. The fourth-order valence-corrected chi connectivity index (χ4v) is 5.07. The van der Waals surface area contributed by atoms with Gasteiger partial charge in [-0.1, -0.05) is 26.7 Å². The normalized spacial score (nSPS) is 23.2. The van der Waals surface area contributed by atoms with Crippen LogP contribution in [0.2, 0.25) is 18.1 Å². The Hall–Kier alpha value is -1.61. The molecule has 0 bridgehead atoms. The van der Waals surface area contributed by atoms with Crippen LogP contribution in [0.25, 0.3) is 17.0 Å². The van der Waals surface area contributed by atoms with Crippen LogP contribution in [0.5, 0.6) is 5.75 Å². The molecule has 0 aliphatic carbocycles. The lowest BCUT2D eigenvalue weighted by Crippen LogP contribution is -2.43. The number of ether oxygens (including phenoxy) is 1. The van der Waals surface area contributed by atoms with Crippen LogP contribution in [-0.2, 0) is 14.0 Å².